The Hall–Kier alpha value is -3.20. The van der Waals surface area contributed by atoms with Crippen LogP contribution in [-0.2, 0) is 16.4 Å². The Bertz CT molecular complexity index is 1250. The van der Waals surface area contributed by atoms with Gasteiger partial charge in [-0.05, 0) is 61.6 Å². The largest absolute Gasteiger partial charge is 0.335 e. The van der Waals surface area contributed by atoms with Crippen LogP contribution in [0.15, 0.2) is 58.5 Å². The van der Waals surface area contributed by atoms with E-state index in [2.05, 4.69) is 20.0 Å². The van der Waals surface area contributed by atoms with Gasteiger partial charge in [-0.1, -0.05) is 44.4 Å². The first-order valence-electron chi connectivity index (χ1n) is 11.1. The molecule has 0 spiro atoms. The Labute approximate surface area is 193 Å². The minimum Gasteiger partial charge on any atom is -0.335 e. The molecule has 0 aliphatic heterocycles. The summed E-state index contributed by atoms with van der Waals surface area (Å²) in [6, 6.07) is 11.6. The lowest BCUT2D eigenvalue weighted by atomic mass is 9.96. The Kier molecular flexibility index (Phi) is 8.21. The number of aryl methyl sites for hydroxylation is 2. The third-order valence-corrected chi connectivity index (χ3v) is 6.95. The van der Waals surface area contributed by atoms with Crippen molar-refractivity contribution in [3.05, 3.63) is 70.3 Å². The van der Waals surface area contributed by atoms with E-state index in [1.807, 2.05) is 26.0 Å². The summed E-state index contributed by atoms with van der Waals surface area (Å²) in [6.45, 7) is 3.97. The number of amides is 2. The molecule has 1 fully saturated rings. The number of urea groups is 1. The van der Waals surface area contributed by atoms with E-state index in [-0.39, 0.29) is 16.5 Å². The van der Waals surface area contributed by atoms with Gasteiger partial charge in [0.1, 0.15) is 0 Å². The van der Waals surface area contributed by atoms with Crippen LogP contribution in [0, 0.1) is 6.92 Å². The lowest BCUT2D eigenvalue weighted by Crippen LogP contribution is -2.45. The van der Waals surface area contributed by atoms with Gasteiger partial charge in [0.05, 0.1) is 22.1 Å². The number of aromatic nitrogens is 2. The molecule has 0 bridgehead atoms. The predicted octanol–water partition coefficient (Wildman–Crippen LogP) is 3.80. The molecule has 1 heterocycles. The van der Waals surface area contributed by atoms with Crippen LogP contribution in [0.5, 0.6) is 0 Å². The summed E-state index contributed by atoms with van der Waals surface area (Å²) in [7, 11) is -3.80. The van der Waals surface area contributed by atoms with Gasteiger partial charge < -0.3 is 10.3 Å². The van der Waals surface area contributed by atoms with Gasteiger partial charge in [0.25, 0.3) is 15.6 Å². The van der Waals surface area contributed by atoms with E-state index in [1.54, 1.807) is 18.2 Å². The zero-order valence-electron chi connectivity index (χ0n) is 18.9. The molecule has 0 atom stereocenters. The molecule has 4 rings (SSSR count). The molecule has 33 heavy (non-hydrogen) atoms. The highest BCUT2D eigenvalue weighted by atomic mass is 32.2. The van der Waals surface area contributed by atoms with Gasteiger partial charge in [-0.25, -0.2) is 22.9 Å². The molecule has 1 aliphatic carbocycles. The standard InChI is InChI=1S/C15H22N2O3S.C9H8N2O/c1-2-12-8-10-14(11-9-12)21(19,20)17-15(18)16-13-6-4-3-5-7-13;1-6-2-3-7-8(4-6)10-5-11-9(7)12/h8-11,13H,2-7H2,1H3,(H2,16,17,18);2-5H,1H3,(H,10,11,12). The highest BCUT2D eigenvalue weighted by Crippen LogP contribution is 2.17. The normalized spacial score (nSPS) is 14.2. The first-order chi connectivity index (χ1) is 15.8. The molecule has 9 heteroatoms. The molecular formula is C24H30N4O4S. The zero-order chi connectivity index (χ0) is 23.8. The summed E-state index contributed by atoms with van der Waals surface area (Å²) in [4.78, 5) is 29.7. The topological polar surface area (TPSA) is 121 Å². The van der Waals surface area contributed by atoms with Crippen molar-refractivity contribution in [1.82, 2.24) is 20.0 Å². The maximum atomic E-state index is 12.1. The van der Waals surface area contributed by atoms with Crippen molar-refractivity contribution < 1.29 is 13.2 Å². The number of fused-ring (bicyclic) bond motifs is 1. The molecule has 2 aromatic carbocycles. The minimum atomic E-state index is -3.80. The van der Waals surface area contributed by atoms with Crippen molar-refractivity contribution in [3.63, 3.8) is 0 Å². The fourth-order valence-corrected chi connectivity index (χ4v) is 4.64. The van der Waals surface area contributed by atoms with Gasteiger partial charge in [-0.3, -0.25) is 4.79 Å². The van der Waals surface area contributed by atoms with E-state index in [0.29, 0.717) is 5.39 Å². The maximum Gasteiger partial charge on any atom is 0.328 e. The molecule has 8 nitrogen and oxygen atoms in total. The van der Waals surface area contributed by atoms with Gasteiger partial charge in [-0.15, -0.1) is 0 Å². The van der Waals surface area contributed by atoms with E-state index in [9.17, 15) is 18.0 Å². The fourth-order valence-electron chi connectivity index (χ4n) is 3.73. The number of hydrogen-bond acceptors (Lipinski definition) is 5. The van der Waals surface area contributed by atoms with Crippen molar-refractivity contribution in [2.45, 2.75) is 63.3 Å². The van der Waals surface area contributed by atoms with Crippen LogP contribution < -0.4 is 15.6 Å². The molecule has 1 aliphatic rings. The number of rotatable bonds is 4. The summed E-state index contributed by atoms with van der Waals surface area (Å²) in [5.41, 5.74) is 2.83. The van der Waals surface area contributed by atoms with Gasteiger partial charge in [0.2, 0.25) is 0 Å². The molecule has 176 valence electrons. The van der Waals surface area contributed by atoms with Crippen LogP contribution in [-0.4, -0.2) is 30.5 Å². The Balaban J connectivity index is 0.000000215. The van der Waals surface area contributed by atoms with E-state index < -0.39 is 16.1 Å². The predicted molar refractivity (Wildman–Crippen MR) is 129 cm³/mol. The van der Waals surface area contributed by atoms with Crippen LogP contribution in [0.25, 0.3) is 10.9 Å². The van der Waals surface area contributed by atoms with E-state index in [0.717, 1.165) is 48.7 Å². The maximum absolute atomic E-state index is 12.1. The van der Waals surface area contributed by atoms with Gasteiger partial charge in [0, 0.05) is 6.04 Å². The number of nitrogens with one attached hydrogen (secondary N) is 3. The number of carbonyl (C=O) groups excluding carboxylic acids is 1. The van der Waals surface area contributed by atoms with E-state index in [1.165, 1.54) is 24.9 Å². The molecule has 3 aromatic rings. The SMILES string of the molecule is CCc1ccc(S(=O)(=O)NC(=O)NC2CCCCC2)cc1.Cc1ccc2c(=O)[nH]cnc2c1. The Morgan fingerprint density at radius 3 is 2.45 bits per heavy atom. The number of carbonyl (C=O) groups is 1. The summed E-state index contributed by atoms with van der Waals surface area (Å²) >= 11 is 0. The Morgan fingerprint density at radius 1 is 1.09 bits per heavy atom. The highest BCUT2D eigenvalue weighted by molar-refractivity contribution is 7.90. The van der Waals surface area contributed by atoms with E-state index >= 15 is 0 Å². The number of hydrogen-bond donors (Lipinski definition) is 3. The molecule has 1 aromatic heterocycles. The summed E-state index contributed by atoms with van der Waals surface area (Å²) in [5, 5.41) is 3.38. The van der Waals surface area contributed by atoms with Crippen molar-refractivity contribution >= 4 is 27.0 Å². The van der Waals surface area contributed by atoms with Crippen molar-refractivity contribution in [1.29, 1.82) is 0 Å². The average molecular weight is 471 g/mol. The molecule has 3 N–H and O–H groups in total. The molecular weight excluding hydrogens is 440 g/mol. The fraction of sp³-hybridized carbons (Fsp3) is 0.375. The molecule has 2 amide bonds. The first kappa shape index (κ1) is 24.4. The minimum absolute atomic E-state index is 0.0800. The van der Waals surface area contributed by atoms with Crippen LogP contribution in [0.1, 0.15) is 50.2 Å². The second kappa shape index (κ2) is 11.1. The van der Waals surface area contributed by atoms with E-state index in [4.69, 9.17) is 0 Å². The molecule has 1 saturated carbocycles. The number of sulfonamides is 1. The number of benzene rings is 2. The lowest BCUT2D eigenvalue weighted by Gasteiger charge is -2.22. The van der Waals surface area contributed by atoms with Gasteiger partial charge in [-0.2, -0.15) is 0 Å². The van der Waals surface area contributed by atoms with Gasteiger partial charge in [0.15, 0.2) is 0 Å². The number of aromatic amines is 1. The second-order valence-corrected chi connectivity index (χ2v) is 9.85. The van der Waals surface area contributed by atoms with Crippen molar-refractivity contribution in [3.8, 4) is 0 Å². The van der Waals surface area contributed by atoms with Crippen molar-refractivity contribution in [2.24, 2.45) is 0 Å². The molecule has 0 saturated heterocycles. The first-order valence-corrected chi connectivity index (χ1v) is 12.6. The van der Waals surface area contributed by atoms with Crippen LogP contribution in [0.3, 0.4) is 0 Å². The zero-order valence-corrected chi connectivity index (χ0v) is 19.7. The summed E-state index contributed by atoms with van der Waals surface area (Å²) < 4.78 is 26.3. The third kappa shape index (κ3) is 6.89. The van der Waals surface area contributed by atoms with Crippen molar-refractivity contribution in [2.75, 3.05) is 0 Å². The quantitative estimate of drug-likeness (QED) is 0.535. The molecule has 0 unspecified atom stereocenters. The molecule has 0 radical (unpaired) electrons. The smallest absolute Gasteiger partial charge is 0.328 e. The van der Waals surface area contributed by atoms with Crippen LogP contribution in [0.4, 0.5) is 4.79 Å². The third-order valence-electron chi connectivity index (χ3n) is 5.61. The Morgan fingerprint density at radius 2 is 1.79 bits per heavy atom. The summed E-state index contributed by atoms with van der Waals surface area (Å²) in [5.74, 6) is 0. The number of nitrogens with zero attached hydrogens (tertiary/aromatic N) is 1. The summed E-state index contributed by atoms with van der Waals surface area (Å²) in [6.07, 6.45) is 7.44. The average Bonchev–Trinajstić information content (AvgIpc) is 2.80. The highest BCUT2D eigenvalue weighted by Gasteiger charge is 2.21. The number of H-pyrrole nitrogens is 1. The van der Waals surface area contributed by atoms with Crippen LogP contribution in [0.2, 0.25) is 0 Å². The monoisotopic (exact) mass is 470 g/mol. The van der Waals surface area contributed by atoms with Gasteiger partial charge >= 0.3 is 6.03 Å². The second-order valence-electron chi connectivity index (χ2n) is 8.16. The van der Waals surface area contributed by atoms with Crippen LogP contribution >= 0.6 is 0 Å². The lowest BCUT2D eigenvalue weighted by molar-refractivity contribution is 0.237.